The van der Waals surface area contributed by atoms with Crippen molar-refractivity contribution in [2.75, 3.05) is 5.43 Å². The van der Waals surface area contributed by atoms with Crippen molar-refractivity contribution >= 4 is 34.2 Å². The third-order valence-electron chi connectivity index (χ3n) is 6.94. The molecule has 1 saturated carbocycles. The van der Waals surface area contributed by atoms with Crippen molar-refractivity contribution in [3.05, 3.63) is 35.9 Å². The summed E-state index contributed by atoms with van der Waals surface area (Å²) in [5.74, 6) is 2.16. The predicted octanol–water partition coefficient (Wildman–Crippen LogP) is 5.31. The van der Waals surface area contributed by atoms with Crippen LogP contribution in [0.2, 0.25) is 0 Å². The van der Waals surface area contributed by atoms with E-state index in [0.29, 0.717) is 29.1 Å². The highest BCUT2D eigenvalue weighted by molar-refractivity contribution is 6.03. The number of nitrogens with one attached hydrogen (secondary N) is 2. The monoisotopic (exact) mass is 388 g/mol. The lowest BCUT2D eigenvalue weighted by molar-refractivity contribution is 0.149. The van der Waals surface area contributed by atoms with Crippen molar-refractivity contribution in [1.29, 1.82) is 0 Å². The number of aromatic amines is 1. The molecule has 0 bridgehead atoms. The van der Waals surface area contributed by atoms with Crippen molar-refractivity contribution in [3.63, 3.8) is 0 Å². The molecule has 150 valence electrons. The molecule has 2 aromatic heterocycles. The molecule has 0 spiro atoms. The summed E-state index contributed by atoms with van der Waals surface area (Å²) in [6, 6.07) is 8.03. The second kappa shape index (κ2) is 6.94. The third-order valence-corrected chi connectivity index (χ3v) is 6.94. The largest absolute Gasteiger partial charge is 0.338 e. The molecule has 6 heteroatoms. The standard InChI is InChI=1S/C23H28N6/c1-14-11-15-7-6-10-23(2,3)18(15)12-16(14)13-24-28-22-26-21-20(27-29-22)17-8-4-5-9-19(17)25-21/h4-5,7-9,13-14,16,18H,6,10-12H2,1-3H3,(H2,25,26,28,29)/b24-13-/t14-,16-,18-/m1/s1. The molecule has 3 aromatic rings. The second-order valence-corrected chi connectivity index (χ2v) is 9.33. The van der Waals surface area contributed by atoms with E-state index in [1.165, 1.54) is 25.7 Å². The zero-order valence-electron chi connectivity index (χ0n) is 17.3. The average molecular weight is 389 g/mol. The Balaban J connectivity index is 1.32. The van der Waals surface area contributed by atoms with Gasteiger partial charge in [-0.25, -0.2) is 5.43 Å². The van der Waals surface area contributed by atoms with Crippen molar-refractivity contribution in [2.24, 2.45) is 28.3 Å². The summed E-state index contributed by atoms with van der Waals surface area (Å²) >= 11 is 0. The van der Waals surface area contributed by atoms with Crippen LogP contribution in [0.3, 0.4) is 0 Å². The quantitative estimate of drug-likeness (QED) is 0.362. The number of aromatic nitrogens is 4. The minimum absolute atomic E-state index is 0.386. The molecule has 2 N–H and O–H groups in total. The van der Waals surface area contributed by atoms with E-state index in [1.807, 2.05) is 24.3 Å². The predicted molar refractivity (Wildman–Crippen MR) is 118 cm³/mol. The molecule has 3 atom stereocenters. The molecule has 5 rings (SSSR count). The van der Waals surface area contributed by atoms with E-state index in [0.717, 1.165) is 22.1 Å². The molecule has 2 aliphatic rings. The summed E-state index contributed by atoms with van der Waals surface area (Å²) in [5.41, 5.74) is 7.57. The number of benzene rings is 1. The Bertz CT molecular complexity index is 1110. The first-order chi connectivity index (χ1) is 14.0. The molecule has 0 aliphatic heterocycles. The number of para-hydroxylation sites is 1. The van der Waals surface area contributed by atoms with E-state index in [4.69, 9.17) is 0 Å². The van der Waals surface area contributed by atoms with Gasteiger partial charge in [0.1, 0.15) is 5.52 Å². The summed E-state index contributed by atoms with van der Waals surface area (Å²) in [4.78, 5) is 7.83. The molecule has 6 nitrogen and oxygen atoms in total. The highest BCUT2D eigenvalue weighted by Crippen LogP contribution is 2.50. The summed E-state index contributed by atoms with van der Waals surface area (Å²) in [7, 11) is 0. The number of fused-ring (bicyclic) bond motifs is 4. The Morgan fingerprint density at radius 3 is 3.00 bits per heavy atom. The molecular formula is C23H28N6. The van der Waals surface area contributed by atoms with Crippen LogP contribution in [0.1, 0.15) is 46.5 Å². The minimum Gasteiger partial charge on any atom is -0.338 e. The topological polar surface area (TPSA) is 78.8 Å². The molecule has 2 heterocycles. The maximum absolute atomic E-state index is 4.54. The number of rotatable bonds is 3. The number of nitrogens with zero attached hydrogens (tertiary/aromatic N) is 4. The van der Waals surface area contributed by atoms with Gasteiger partial charge in [-0.2, -0.15) is 10.1 Å². The zero-order valence-corrected chi connectivity index (χ0v) is 17.3. The first kappa shape index (κ1) is 18.3. The molecular weight excluding hydrogens is 360 g/mol. The molecule has 0 radical (unpaired) electrons. The summed E-state index contributed by atoms with van der Waals surface area (Å²) in [6.07, 6.45) is 9.42. The number of allylic oxidation sites excluding steroid dienone is 2. The van der Waals surface area contributed by atoms with Gasteiger partial charge in [0.2, 0.25) is 0 Å². The van der Waals surface area contributed by atoms with Gasteiger partial charge in [-0.3, -0.25) is 0 Å². The van der Waals surface area contributed by atoms with Crippen molar-refractivity contribution < 1.29 is 0 Å². The maximum atomic E-state index is 4.54. The Hall–Kier alpha value is -2.76. The molecule has 1 aromatic carbocycles. The van der Waals surface area contributed by atoms with Crippen molar-refractivity contribution in [2.45, 2.75) is 46.5 Å². The van der Waals surface area contributed by atoms with Gasteiger partial charge in [0.15, 0.2) is 5.65 Å². The van der Waals surface area contributed by atoms with E-state index in [2.05, 4.69) is 63.8 Å². The molecule has 0 amide bonds. The fraction of sp³-hybridized carbons (Fsp3) is 0.478. The SMILES string of the molecule is C[C@@H]1CC2=CCCC(C)(C)[C@@H]2C[C@@H]1/C=N\Nc1nnc2c(n1)[nH]c1ccccc12. The van der Waals surface area contributed by atoms with E-state index < -0.39 is 0 Å². The maximum Gasteiger partial charge on any atom is 0.265 e. The van der Waals surface area contributed by atoms with Crippen LogP contribution in [0.25, 0.3) is 22.1 Å². The lowest BCUT2D eigenvalue weighted by Crippen LogP contribution is -2.36. The number of hydrazone groups is 1. The summed E-state index contributed by atoms with van der Waals surface area (Å²) < 4.78 is 0. The first-order valence-electron chi connectivity index (χ1n) is 10.6. The normalized spacial score (nSPS) is 26.6. The number of anilines is 1. The van der Waals surface area contributed by atoms with Gasteiger partial charge in [0.05, 0.1) is 0 Å². The van der Waals surface area contributed by atoms with Crippen LogP contribution in [0, 0.1) is 23.2 Å². The molecule has 1 fully saturated rings. The van der Waals surface area contributed by atoms with Gasteiger partial charge >= 0.3 is 0 Å². The van der Waals surface area contributed by atoms with Gasteiger partial charge in [-0.05, 0) is 54.9 Å². The van der Waals surface area contributed by atoms with Crippen LogP contribution >= 0.6 is 0 Å². The Labute approximate surface area is 170 Å². The van der Waals surface area contributed by atoms with Crippen molar-refractivity contribution in [1.82, 2.24) is 20.2 Å². The van der Waals surface area contributed by atoms with Crippen LogP contribution in [0.4, 0.5) is 5.95 Å². The smallest absolute Gasteiger partial charge is 0.265 e. The van der Waals surface area contributed by atoms with Gasteiger partial charge in [-0.1, -0.05) is 50.6 Å². The van der Waals surface area contributed by atoms with Gasteiger partial charge < -0.3 is 4.98 Å². The number of H-pyrrole nitrogens is 1. The number of hydrogen-bond acceptors (Lipinski definition) is 5. The van der Waals surface area contributed by atoms with Crippen LogP contribution in [0.15, 0.2) is 41.0 Å². The summed E-state index contributed by atoms with van der Waals surface area (Å²) in [5, 5.41) is 14.1. The molecule has 2 aliphatic carbocycles. The molecule has 0 saturated heterocycles. The number of hydrogen-bond donors (Lipinski definition) is 2. The summed E-state index contributed by atoms with van der Waals surface area (Å²) in [6.45, 7) is 7.17. The van der Waals surface area contributed by atoms with Crippen LogP contribution < -0.4 is 5.43 Å². The average Bonchev–Trinajstić information content (AvgIpc) is 3.06. The first-order valence-corrected chi connectivity index (χ1v) is 10.6. The Kier molecular flexibility index (Phi) is 4.37. The van der Waals surface area contributed by atoms with Crippen molar-refractivity contribution in [3.8, 4) is 0 Å². The Morgan fingerprint density at radius 1 is 1.24 bits per heavy atom. The zero-order chi connectivity index (χ0) is 20.0. The van der Waals surface area contributed by atoms with Gasteiger partial charge in [0.25, 0.3) is 5.95 Å². The van der Waals surface area contributed by atoms with E-state index >= 15 is 0 Å². The van der Waals surface area contributed by atoms with E-state index in [9.17, 15) is 0 Å². The van der Waals surface area contributed by atoms with Crippen LogP contribution in [-0.2, 0) is 0 Å². The lowest BCUT2D eigenvalue weighted by atomic mass is 9.59. The minimum atomic E-state index is 0.386. The fourth-order valence-electron chi connectivity index (χ4n) is 5.14. The van der Waals surface area contributed by atoms with E-state index in [1.54, 1.807) is 5.57 Å². The highest BCUT2D eigenvalue weighted by Gasteiger charge is 2.40. The second-order valence-electron chi connectivity index (χ2n) is 9.33. The van der Waals surface area contributed by atoms with Gasteiger partial charge in [0, 0.05) is 17.1 Å². The fourth-order valence-corrected chi connectivity index (χ4v) is 5.14. The molecule has 0 unspecified atom stereocenters. The molecule has 29 heavy (non-hydrogen) atoms. The highest BCUT2D eigenvalue weighted by atomic mass is 15.4. The van der Waals surface area contributed by atoms with E-state index in [-0.39, 0.29) is 0 Å². The van der Waals surface area contributed by atoms with Crippen LogP contribution in [-0.4, -0.2) is 26.4 Å². The third kappa shape index (κ3) is 3.30. The van der Waals surface area contributed by atoms with Crippen LogP contribution in [0.5, 0.6) is 0 Å². The van der Waals surface area contributed by atoms with Gasteiger partial charge in [-0.15, -0.1) is 10.2 Å². The lowest BCUT2D eigenvalue weighted by Gasteiger charge is -2.46. The Morgan fingerprint density at radius 2 is 2.10 bits per heavy atom.